The largest absolute Gasteiger partial charge is 0.234 e. The molecule has 86 valence electrons. The van der Waals surface area contributed by atoms with Crippen molar-refractivity contribution in [2.24, 2.45) is 9.98 Å². The number of alkyl halides is 2. The first-order valence-electron chi connectivity index (χ1n) is 4.52. The van der Waals surface area contributed by atoms with Crippen LogP contribution in [0.25, 0.3) is 0 Å². The molecular formula is C9H14Cl2N2O2. The van der Waals surface area contributed by atoms with Crippen molar-refractivity contribution in [2.45, 2.75) is 25.7 Å². The van der Waals surface area contributed by atoms with E-state index >= 15 is 0 Å². The van der Waals surface area contributed by atoms with Gasteiger partial charge in [0.15, 0.2) is 0 Å². The van der Waals surface area contributed by atoms with E-state index in [1.54, 1.807) is 0 Å². The molecule has 0 aliphatic heterocycles. The van der Waals surface area contributed by atoms with Gasteiger partial charge in [0.25, 0.3) is 0 Å². The molecule has 0 saturated heterocycles. The summed E-state index contributed by atoms with van der Waals surface area (Å²) in [6.07, 6.45) is 6.80. The predicted molar refractivity (Wildman–Crippen MR) is 61.0 cm³/mol. The molecular weight excluding hydrogens is 239 g/mol. The fraction of sp³-hybridized carbons (Fsp3) is 0.778. The van der Waals surface area contributed by atoms with Crippen LogP contribution in [0.3, 0.4) is 0 Å². The molecule has 0 bridgehead atoms. The second-order valence-electron chi connectivity index (χ2n) is 2.46. The Labute approximate surface area is 99.4 Å². The summed E-state index contributed by atoms with van der Waals surface area (Å²) in [7, 11) is 0. The smallest absolute Gasteiger partial charge is 0.211 e. The van der Waals surface area contributed by atoms with Crippen LogP contribution in [0.15, 0.2) is 9.98 Å². The van der Waals surface area contributed by atoms with Crippen LogP contribution in [0, 0.1) is 0 Å². The van der Waals surface area contributed by atoms with E-state index in [-0.39, 0.29) is 5.34 Å². The quantitative estimate of drug-likeness (QED) is 0.303. The third-order valence-corrected chi connectivity index (χ3v) is 1.42. The number of isocyanates is 2. The zero-order valence-electron chi connectivity index (χ0n) is 8.42. The van der Waals surface area contributed by atoms with Gasteiger partial charge in [0.1, 0.15) is 0 Å². The van der Waals surface area contributed by atoms with Crippen molar-refractivity contribution in [3.63, 3.8) is 0 Å². The molecule has 0 heterocycles. The van der Waals surface area contributed by atoms with E-state index in [2.05, 4.69) is 9.98 Å². The highest BCUT2D eigenvalue weighted by Crippen LogP contribution is 1.99. The highest BCUT2D eigenvalue weighted by molar-refractivity contribution is 6.40. The minimum atomic E-state index is 0.194. The standard InChI is InChI=1S/C8H12N2O2.CH2Cl2/c11-7-9-5-3-1-2-4-6-10-8-12;2-1-3/h1-6H2;1H2. The Hall–Kier alpha value is -0.660. The molecule has 0 N–H and O–H groups in total. The molecule has 0 aromatic rings. The molecule has 0 rings (SSSR count). The number of hydrogen-bond acceptors (Lipinski definition) is 4. The number of nitrogens with zero attached hydrogens (tertiary/aromatic N) is 2. The maximum Gasteiger partial charge on any atom is 0.234 e. The first kappa shape index (κ1) is 16.8. The van der Waals surface area contributed by atoms with Crippen LogP contribution in [0.2, 0.25) is 0 Å². The highest BCUT2D eigenvalue weighted by atomic mass is 35.5. The van der Waals surface area contributed by atoms with Gasteiger partial charge in [-0.2, -0.15) is 0 Å². The van der Waals surface area contributed by atoms with E-state index < -0.39 is 0 Å². The lowest BCUT2D eigenvalue weighted by Crippen LogP contribution is -1.84. The van der Waals surface area contributed by atoms with E-state index in [0.717, 1.165) is 25.7 Å². The molecule has 0 radical (unpaired) electrons. The van der Waals surface area contributed by atoms with Gasteiger partial charge in [0.2, 0.25) is 12.2 Å². The predicted octanol–water partition coefficient (Wildman–Crippen LogP) is 2.64. The zero-order valence-corrected chi connectivity index (χ0v) is 9.93. The van der Waals surface area contributed by atoms with Crippen LogP contribution in [-0.2, 0) is 9.59 Å². The lowest BCUT2D eigenvalue weighted by molar-refractivity contribution is 0.558. The topological polar surface area (TPSA) is 58.9 Å². The number of carbonyl (C=O) groups excluding carboxylic acids is 2. The number of unbranched alkanes of at least 4 members (excludes halogenated alkanes) is 3. The highest BCUT2D eigenvalue weighted by Gasteiger charge is 1.87. The summed E-state index contributed by atoms with van der Waals surface area (Å²) in [6, 6.07) is 0. The normalized spacial score (nSPS) is 7.87. The van der Waals surface area contributed by atoms with Crippen molar-refractivity contribution in [2.75, 3.05) is 18.4 Å². The van der Waals surface area contributed by atoms with Gasteiger partial charge in [-0.25, -0.2) is 19.6 Å². The van der Waals surface area contributed by atoms with Gasteiger partial charge in [0.05, 0.1) is 18.4 Å². The van der Waals surface area contributed by atoms with Crippen molar-refractivity contribution < 1.29 is 9.59 Å². The maximum atomic E-state index is 9.63. The van der Waals surface area contributed by atoms with Crippen LogP contribution in [0.4, 0.5) is 0 Å². The van der Waals surface area contributed by atoms with Crippen LogP contribution < -0.4 is 0 Å². The molecule has 0 aromatic heterocycles. The number of halogens is 2. The maximum absolute atomic E-state index is 9.63. The molecule has 0 aliphatic rings. The molecule has 0 atom stereocenters. The molecule has 0 fully saturated rings. The summed E-state index contributed by atoms with van der Waals surface area (Å²) in [5.41, 5.74) is 0. The average molecular weight is 253 g/mol. The molecule has 0 aromatic carbocycles. The van der Waals surface area contributed by atoms with Gasteiger partial charge < -0.3 is 0 Å². The van der Waals surface area contributed by atoms with Crippen LogP contribution in [0.1, 0.15) is 25.7 Å². The van der Waals surface area contributed by atoms with Crippen molar-refractivity contribution >= 4 is 35.4 Å². The molecule has 0 spiro atoms. The number of hydrogen-bond donors (Lipinski definition) is 0. The second-order valence-corrected chi connectivity index (χ2v) is 3.27. The number of rotatable bonds is 7. The minimum absolute atomic E-state index is 0.194. The lowest BCUT2D eigenvalue weighted by Gasteiger charge is -1.93. The van der Waals surface area contributed by atoms with Crippen molar-refractivity contribution in [3.05, 3.63) is 0 Å². The Morgan fingerprint density at radius 3 is 1.40 bits per heavy atom. The molecule has 0 aliphatic carbocycles. The van der Waals surface area contributed by atoms with E-state index in [1.165, 1.54) is 12.2 Å². The first-order chi connectivity index (χ1) is 7.33. The van der Waals surface area contributed by atoms with Gasteiger partial charge in [-0.15, -0.1) is 23.2 Å². The van der Waals surface area contributed by atoms with Crippen molar-refractivity contribution in [1.29, 1.82) is 0 Å². The van der Waals surface area contributed by atoms with E-state index in [0.29, 0.717) is 13.1 Å². The Morgan fingerprint density at radius 1 is 0.800 bits per heavy atom. The van der Waals surface area contributed by atoms with E-state index in [4.69, 9.17) is 23.2 Å². The first-order valence-corrected chi connectivity index (χ1v) is 5.59. The van der Waals surface area contributed by atoms with Gasteiger partial charge >= 0.3 is 0 Å². The van der Waals surface area contributed by atoms with Crippen molar-refractivity contribution in [1.82, 2.24) is 0 Å². The Bertz CT molecular complexity index is 190. The monoisotopic (exact) mass is 252 g/mol. The second kappa shape index (κ2) is 19.0. The van der Waals surface area contributed by atoms with Gasteiger partial charge in [-0.3, -0.25) is 0 Å². The minimum Gasteiger partial charge on any atom is -0.211 e. The zero-order chi connectivity index (χ0) is 11.8. The summed E-state index contributed by atoms with van der Waals surface area (Å²) < 4.78 is 0. The fourth-order valence-electron chi connectivity index (χ4n) is 0.827. The Balaban J connectivity index is 0. The summed E-state index contributed by atoms with van der Waals surface area (Å²) >= 11 is 9.53. The number of aliphatic imine (C=N–C) groups is 2. The SMILES string of the molecule is ClCCl.O=C=NCCCCCCN=C=O. The Kier molecular flexibility index (Phi) is 21.2. The third-order valence-electron chi connectivity index (χ3n) is 1.42. The molecule has 6 heteroatoms. The Morgan fingerprint density at radius 2 is 1.13 bits per heavy atom. The van der Waals surface area contributed by atoms with E-state index in [9.17, 15) is 9.59 Å². The van der Waals surface area contributed by atoms with Crippen LogP contribution in [-0.4, -0.2) is 30.6 Å². The summed E-state index contributed by atoms with van der Waals surface area (Å²) in [6.45, 7) is 1.11. The summed E-state index contributed by atoms with van der Waals surface area (Å²) in [4.78, 5) is 26.1. The van der Waals surface area contributed by atoms with Gasteiger partial charge in [-0.1, -0.05) is 12.8 Å². The molecule has 0 unspecified atom stereocenters. The summed E-state index contributed by atoms with van der Waals surface area (Å²) in [5.74, 6) is 0. The molecule has 0 amide bonds. The van der Waals surface area contributed by atoms with Crippen LogP contribution in [0.5, 0.6) is 0 Å². The van der Waals surface area contributed by atoms with E-state index in [1.807, 2.05) is 0 Å². The molecule has 0 saturated carbocycles. The molecule has 15 heavy (non-hydrogen) atoms. The van der Waals surface area contributed by atoms with Gasteiger partial charge in [0, 0.05) is 0 Å². The van der Waals surface area contributed by atoms with Crippen molar-refractivity contribution in [3.8, 4) is 0 Å². The third kappa shape index (κ3) is 24.7. The van der Waals surface area contributed by atoms with Crippen LogP contribution >= 0.6 is 23.2 Å². The van der Waals surface area contributed by atoms with Gasteiger partial charge in [-0.05, 0) is 12.8 Å². The molecule has 4 nitrogen and oxygen atoms in total. The lowest BCUT2D eigenvalue weighted by atomic mass is 10.2. The summed E-state index contributed by atoms with van der Waals surface area (Å²) in [5, 5.41) is 0.194. The average Bonchev–Trinajstić information content (AvgIpc) is 2.23. The fourth-order valence-corrected chi connectivity index (χ4v) is 0.827.